The van der Waals surface area contributed by atoms with Gasteiger partial charge in [0.05, 0.1) is 10.4 Å². The zero-order valence-electron chi connectivity index (χ0n) is 18.3. The Bertz CT molecular complexity index is 1180. The van der Waals surface area contributed by atoms with Crippen molar-refractivity contribution >= 4 is 27.0 Å². The molecule has 0 radical (unpaired) electrons. The van der Waals surface area contributed by atoms with Crippen LogP contribution in [0.15, 0.2) is 53.4 Å². The minimum Gasteiger partial charge on any atom is -0.355 e. The lowest BCUT2D eigenvalue weighted by Crippen LogP contribution is -2.46. The third kappa shape index (κ3) is 4.68. The summed E-state index contributed by atoms with van der Waals surface area (Å²) in [7, 11) is -3.81. The van der Waals surface area contributed by atoms with Gasteiger partial charge in [-0.25, -0.2) is 13.1 Å². The van der Waals surface area contributed by atoms with Gasteiger partial charge >= 0.3 is 0 Å². The summed E-state index contributed by atoms with van der Waals surface area (Å²) in [6.45, 7) is 3.63. The SMILES string of the molecule is CCCn1nnc2cc(S(=O)(=O)N3CCCC3C(=O)NCCCc3ccccc3)ccc21. The van der Waals surface area contributed by atoms with Crippen LogP contribution in [0, 0.1) is 0 Å². The van der Waals surface area contributed by atoms with Crippen molar-refractivity contribution in [3.63, 3.8) is 0 Å². The van der Waals surface area contributed by atoms with Gasteiger partial charge in [0.25, 0.3) is 0 Å². The molecule has 0 bridgehead atoms. The molecule has 170 valence electrons. The molecule has 0 spiro atoms. The number of sulfonamides is 1. The van der Waals surface area contributed by atoms with Gasteiger partial charge in [-0.3, -0.25) is 4.79 Å². The van der Waals surface area contributed by atoms with Crippen LogP contribution in [0.5, 0.6) is 0 Å². The molecule has 1 saturated heterocycles. The quantitative estimate of drug-likeness (QED) is 0.501. The van der Waals surface area contributed by atoms with Crippen LogP contribution in [-0.2, 0) is 27.8 Å². The lowest BCUT2D eigenvalue weighted by Gasteiger charge is -2.23. The van der Waals surface area contributed by atoms with E-state index >= 15 is 0 Å². The van der Waals surface area contributed by atoms with E-state index in [0.717, 1.165) is 31.3 Å². The van der Waals surface area contributed by atoms with Gasteiger partial charge in [-0.2, -0.15) is 4.31 Å². The molecule has 3 aromatic rings. The lowest BCUT2D eigenvalue weighted by atomic mass is 10.1. The number of amides is 1. The summed E-state index contributed by atoms with van der Waals surface area (Å²) in [5.41, 5.74) is 2.57. The van der Waals surface area contributed by atoms with E-state index in [1.54, 1.807) is 22.9 Å². The molecule has 1 atom stereocenters. The molecule has 32 heavy (non-hydrogen) atoms. The minimum atomic E-state index is -3.81. The number of carbonyl (C=O) groups excluding carboxylic acids is 1. The smallest absolute Gasteiger partial charge is 0.243 e. The molecular formula is C23H29N5O3S. The Morgan fingerprint density at radius 3 is 2.78 bits per heavy atom. The maximum Gasteiger partial charge on any atom is 0.243 e. The zero-order valence-corrected chi connectivity index (χ0v) is 19.1. The standard InChI is InChI=1S/C23H29N5O3S/c1-2-15-27-21-13-12-19(17-20(21)25-26-27)32(30,31)28-16-7-11-22(28)23(29)24-14-6-10-18-8-4-3-5-9-18/h3-5,8-9,12-13,17,22H,2,6-7,10-11,14-16H2,1H3,(H,24,29). The van der Waals surface area contributed by atoms with E-state index in [-0.39, 0.29) is 10.8 Å². The lowest BCUT2D eigenvalue weighted by molar-refractivity contribution is -0.124. The van der Waals surface area contributed by atoms with E-state index in [2.05, 4.69) is 27.8 Å². The van der Waals surface area contributed by atoms with E-state index in [0.29, 0.717) is 31.4 Å². The van der Waals surface area contributed by atoms with E-state index < -0.39 is 16.1 Å². The highest BCUT2D eigenvalue weighted by Gasteiger charge is 2.39. The number of nitrogens with zero attached hydrogens (tertiary/aromatic N) is 4. The number of benzene rings is 2. The van der Waals surface area contributed by atoms with E-state index in [9.17, 15) is 13.2 Å². The second-order valence-electron chi connectivity index (χ2n) is 8.12. The molecule has 2 aromatic carbocycles. The summed E-state index contributed by atoms with van der Waals surface area (Å²) in [4.78, 5) is 12.9. The van der Waals surface area contributed by atoms with Crippen molar-refractivity contribution < 1.29 is 13.2 Å². The van der Waals surface area contributed by atoms with Gasteiger partial charge in [0.2, 0.25) is 15.9 Å². The summed E-state index contributed by atoms with van der Waals surface area (Å²) >= 11 is 0. The van der Waals surface area contributed by atoms with Crippen molar-refractivity contribution in [2.24, 2.45) is 0 Å². The van der Waals surface area contributed by atoms with Crippen molar-refractivity contribution in [1.82, 2.24) is 24.6 Å². The Kier molecular flexibility index (Phi) is 6.86. The molecule has 1 aliphatic rings. The Morgan fingerprint density at radius 2 is 2.00 bits per heavy atom. The minimum absolute atomic E-state index is 0.150. The molecule has 0 saturated carbocycles. The van der Waals surface area contributed by atoms with Crippen LogP contribution in [0.4, 0.5) is 0 Å². The van der Waals surface area contributed by atoms with Gasteiger partial charge in [0, 0.05) is 19.6 Å². The van der Waals surface area contributed by atoms with Gasteiger partial charge in [-0.15, -0.1) is 5.10 Å². The number of aryl methyl sites for hydroxylation is 2. The topological polar surface area (TPSA) is 97.2 Å². The summed E-state index contributed by atoms with van der Waals surface area (Å²) in [5.74, 6) is -0.228. The van der Waals surface area contributed by atoms with Gasteiger partial charge in [-0.05, 0) is 55.9 Å². The second kappa shape index (κ2) is 9.79. The molecule has 0 aliphatic carbocycles. The van der Waals surface area contributed by atoms with Crippen LogP contribution >= 0.6 is 0 Å². The van der Waals surface area contributed by atoms with Gasteiger partial charge in [0.15, 0.2) is 0 Å². The Balaban J connectivity index is 1.42. The van der Waals surface area contributed by atoms with Crippen molar-refractivity contribution in [2.75, 3.05) is 13.1 Å². The van der Waals surface area contributed by atoms with Crippen LogP contribution in [0.25, 0.3) is 11.0 Å². The molecule has 9 heteroatoms. The number of aromatic nitrogens is 3. The number of carbonyl (C=O) groups is 1. The average molecular weight is 456 g/mol. The zero-order chi connectivity index (χ0) is 22.6. The molecule has 1 N–H and O–H groups in total. The van der Waals surface area contributed by atoms with Gasteiger partial charge in [-0.1, -0.05) is 42.5 Å². The fourth-order valence-corrected chi connectivity index (χ4v) is 5.86. The van der Waals surface area contributed by atoms with Crippen molar-refractivity contribution in [1.29, 1.82) is 0 Å². The van der Waals surface area contributed by atoms with E-state index in [4.69, 9.17) is 0 Å². The predicted octanol–water partition coefficient (Wildman–Crippen LogP) is 2.74. The van der Waals surface area contributed by atoms with E-state index in [1.165, 1.54) is 9.87 Å². The monoisotopic (exact) mass is 455 g/mol. The number of rotatable bonds is 9. The number of nitrogens with one attached hydrogen (secondary N) is 1. The molecule has 4 rings (SSSR count). The first-order valence-corrected chi connectivity index (χ1v) is 12.6. The molecule has 1 aliphatic heterocycles. The Morgan fingerprint density at radius 1 is 1.19 bits per heavy atom. The highest BCUT2D eigenvalue weighted by molar-refractivity contribution is 7.89. The molecule has 2 heterocycles. The average Bonchev–Trinajstić information content (AvgIpc) is 3.45. The molecule has 1 aromatic heterocycles. The molecule has 1 amide bonds. The highest BCUT2D eigenvalue weighted by Crippen LogP contribution is 2.28. The van der Waals surface area contributed by atoms with Crippen LogP contribution in [-0.4, -0.2) is 52.8 Å². The molecule has 8 nitrogen and oxygen atoms in total. The third-order valence-electron chi connectivity index (χ3n) is 5.82. The third-order valence-corrected chi connectivity index (χ3v) is 7.72. The summed E-state index contributed by atoms with van der Waals surface area (Å²) < 4.78 is 29.8. The van der Waals surface area contributed by atoms with Gasteiger partial charge < -0.3 is 5.32 Å². The van der Waals surface area contributed by atoms with E-state index in [1.807, 2.05) is 25.1 Å². The number of fused-ring (bicyclic) bond motifs is 1. The van der Waals surface area contributed by atoms with Crippen LogP contribution < -0.4 is 5.32 Å². The number of hydrogen-bond acceptors (Lipinski definition) is 5. The molecule has 1 fully saturated rings. The summed E-state index contributed by atoms with van der Waals surface area (Å²) in [6.07, 6.45) is 3.77. The first kappa shape index (κ1) is 22.4. The van der Waals surface area contributed by atoms with Crippen molar-refractivity contribution in [3.05, 3.63) is 54.1 Å². The second-order valence-corrected chi connectivity index (χ2v) is 10.0. The first-order chi connectivity index (χ1) is 15.5. The highest BCUT2D eigenvalue weighted by atomic mass is 32.2. The maximum absolute atomic E-state index is 13.3. The first-order valence-electron chi connectivity index (χ1n) is 11.2. The van der Waals surface area contributed by atoms with Crippen LogP contribution in [0.1, 0.15) is 38.2 Å². The van der Waals surface area contributed by atoms with Crippen molar-refractivity contribution in [2.45, 2.75) is 56.5 Å². The van der Waals surface area contributed by atoms with Crippen LogP contribution in [0.3, 0.4) is 0 Å². The fraction of sp³-hybridized carbons (Fsp3) is 0.435. The van der Waals surface area contributed by atoms with Gasteiger partial charge in [0.1, 0.15) is 11.6 Å². The Labute approximate surface area is 188 Å². The normalized spacial score (nSPS) is 17.1. The van der Waals surface area contributed by atoms with Crippen molar-refractivity contribution in [3.8, 4) is 0 Å². The summed E-state index contributed by atoms with van der Waals surface area (Å²) in [6, 6.07) is 14.3. The summed E-state index contributed by atoms with van der Waals surface area (Å²) in [5, 5.41) is 11.1. The fourth-order valence-electron chi connectivity index (χ4n) is 4.18. The predicted molar refractivity (Wildman–Crippen MR) is 123 cm³/mol. The largest absolute Gasteiger partial charge is 0.355 e. The molecular weight excluding hydrogens is 426 g/mol. The molecule has 1 unspecified atom stereocenters. The van der Waals surface area contributed by atoms with Crippen LogP contribution in [0.2, 0.25) is 0 Å². The number of hydrogen-bond donors (Lipinski definition) is 1. The Hall–Kier alpha value is -2.78. The maximum atomic E-state index is 13.3.